The minimum absolute atomic E-state index is 0.0513. The number of hydrogen-bond donors (Lipinski definition) is 1. The van der Waals surface area contributed by atoms with E-state index in [0.717, 1.165) is 58.3 Å². The molecule has 0 spiro atoms. The van der Waals surface area contributed by atoms with Gasteiger partial charge in [-0.1, -0.05) is 25.1 Å². The van der Waals surface area contributed by atoms with Gasteiger partial charge in [0.2, 0.25) is 5.91 Å². The molecule has 176 valence electrons. The fraction of sp³-hybridized carbons (Fsp3) is 0.370. The van der Waals surface area contributed by atoms with Gasteiger partial charge in [-0.3, -0.25) is 14.5 Å². The van der Waals surface area contributed by atoms with Crippen LogP contribution in [0, 0.1) is 0 Å². The van der Waals surface area contributed by atoms with E-state index in [4.69, 9.17) is 9.40 Å². The first-order chi connectivity index (χ1) is 16.6. The minimum atomic E-state index is 0.0513. The lowest BCUT2D eigenvalue weighted by molar-refractivity contribution is -0.122. The molecule has 3 heterocycles. The highest BCUT2D eigenvalue weighted by Crippen LogP contribution is 2.38. The topological polar surface area (TPSA) is 78.7 Å². The Morgan fingerprint density at radius 2 is 1.91 bits per heavy atom. The molecule has 0 atom stereocenters. The van der Waals surface area contributed by atoms with Gasteiger partial charge in [0.15, 0.2) is 0 Å². The summed E-state index contributed by atoms with van der Waals surface area (Å²) in [6, 6.07) is 11.7. The van der Waals surface area contributed by atoms with Crippen LogP contribution in [0.25, 0.3) is 22.6 Å². The average Bonchev–Trinajstić information content (AvgIpc) is 3.52. The summed E-state index contributed by atoms with van der Waals surface area (Å²) in [5.41, 5.74) is 4.65. The molecule has 2 aliphatic rings. The van der Waals surface area contributed by atoms with Crippen LogP contribution in [0.15, 0.2) is 47.1 Å². The normalized spacial score (nSPS) is 17.3. The zero-order chi connectivity index (χ0) is 23.5. The molecule has 3 aromatic rings. The maximum absolute atomic E-state index is 13.8. The number of piperazine rings is 1. The van der Waals surface area contributed by atoms with Crippen molar-refractivity contribution in [1.29, 1.82) is 0 Å². The van der Waals surface area contributed by atoms with Crippen LogP contribution in [0.1, 0.15) is 47.1 Å². The highest BCUT2D eigenvalue weighted by Gasteiger charge is 2.31. The Balaban J connectivity index is 1.40. The third-order valence-corrected chi connectivity index (χ3v) is 6.61. The van der Waals surface area contributed by atoms with Crippen LogP contribution < -0.4 is 5.32 Å². The molecule has 2 aromatic heterocycles. The number of furan rings is 1. The number of aromatic nitrogens is 1. The van der Waals surface area contributed by atoms with Crippen LogP contribution in [-0.4, -0.2) is 65.9 Å². The van der Waals surface area contributed by atoms with Gasteiger partial charge in [0.25, 0.3) is 5.91 Å². The van der Waals surface area contributed by atoms with Gasteiger partial charge in [0, 0.05) is 38.1 Å². The standard InChI is InChI=1S/C27H30N4O3/c1-2-11-28-24(32)18-30-12-14-31(15-13-30)27(33)25-21-7-3-4-8-23(21)29-26-19(9-10-22(25)26)17-20-6-5-16-34-20/h3-8,16-17H,2,9-15,18H2,1H3,(H,28,32)/b19-17+. The van der Waals surface area contributed by atoms with E-state index >= 15 is 0 Å². The second-order valence-corrected chi connectivity index (χ2v) is 8.93. The first kappa shape index (κ1) is 22.3. The number of carbonyl (C=O) groups is 2. The van der Waals surface area contributed by atoms with Crippen molar-refractivity contribution in [3.8, 4) is 0 Å². The highest BCUT2D eigenvalue weighted by atomic mass is 16.3. The molecule has 1 fully saturated rings. The number of pyridine rings is 1. The summed E-state index contributed by atoms with van der Waals surface area (Å²) in [7, 11) is 0. The SMILES string of the molecule is CCCNC(=O)CN1CCN(C(=O)c2c3c(nc4ccccc24)/C(=C/c2ccco2)CC3)CC1. The van der Waals surface area contributed by atoms with Crippen LogP contribution in [0.2, 0.25) is 0 Å². The molecule has 7 nitrogen and oxygen atoms in total. The van der Waals surface area contributed by atoms with E-state index in [0.29, 0.717) is 39.3 Å². The Bertz CT molecular complexity index is 1220. The Kier molecular flexibility index (Phi) is 6.45. The number of nitrogens with one attached hydrogen (secondary N) is 1. The molecule has 1 aliphatic carbocycles. The van der Waals surface area contributed by atoms with Crippen LogP contribution in [0.4, 0.5) is 0 Å². The van der Waals surface area contributed by atoms with Gasteiger partial charge in [0.1, 0.15) is 5.76 Å². The summed E-state index contributed by atoms with van der Waals surface area (Å²) in [5, 5.41) is 3.84. The number of nitrogens with zero attached hydrogens (tertiary/aromatic N) is 3. The molecule has 7 heteroatoms. The summed E-state index contributed by atoms with van der Waals surface area (Å²) < 4.78 is 5.52. The van der Waals surface area contributed by atoms with Crippen molar-refractivity contribution in [2.75, 3.05) is 39.3 Å². The lowest BCUT2D eigenvalue weighted by Gasteiger charge is -2.34. The van der Waals surface area contributed by atoms with Crippen molar-refractivity contribution in [3.05, 3.63) is 65.2 Å². The van der Waals surface area contributed by atoms with E-state index in [9.17, 15) is 9.59 Å². The Morgan fingerprint density at radius 1 is 1.09 bits per heavy atom. The van der Waals surface area contributed by atoms with Gasteiger partial charge < -0.3 is 14.6 Å². The Morgan fingerprint density at radius 3 is 2.68 bits per heavy atom. The average molecular weight is 459 g/mol. The van der Waals surface area contributed by atoms with Crippen molar-refractivity contribution in [2.45, 2.75) is 26.2 Å². The molecule has 1 aliphatic heterocycles. The lowest BCUT2D eigenvalue weighted by Crippen LogP contribution is -2.51. The number of para-hydroxylation sites is 1. The van der Waals surface area contributed by atoms with E-state index in [-0.39, 0.29) is 11.8 Å². The molecule has 1 N–H and O–H groups in total. The quantitative estimate of drug-likeness (QED) is 0.611. The molecule has 0 radical (unpaired) electrons. The van der Waals surface area contributed by atoms with E-state index in [2.05, 4.69) is 10.2 Å². The molecular formula is C27H30N4O3. The highest BCUT2D eigenvalue weighted by molar-refractivity contribution is 6.09. The summed E-state index contributed by atoms with van der Waals surface area (Å²) in [4.78, 5) is 34.9. The van der Waals surface area contributed by atoms with E-state index < -0.39 is 0 Å². The van der Waals surface area contributed by atoms with E-state index in [1.54, 1.807) is 6.26 Å². The largest absolute Gasteiger partial charge is 0.465 e. The number of allylic oxidation sites excluding steroid dienone is 1. The zero-order valence-corrected chi connectivity index (χ0v) is 19.5. The maximum Gasteiger partial charge on any atom is 0.254 e. The molecule has 34 heavy (non-hydrogen) atoms. The number of fused-ring (bicyclic) bond motifs is 2. The second-order valence-electron chi connectivity index (χ2n) is 8.93. The monoisotopic (exact) mass is 458 g/mol. The third kappa shape index (κ3) is 4.48. The van der Waals surface area contributed by atoms with Gasteiger partial charge >= 0.3 is 0 Å². The molecular weight excluding hydrogens is 428 g/mol. The summed E-state index contributed by atoms with van der Waals surface area (Å²) >= 11 is 0. The maximum atomic E-state index is 13.8. The third-order valence-electron chi connectivity index (χ3n) is 6.61. The lowest BCUT2D eigenvalue weighted by atomic mass is 9.99. The summed E-state index contributed by atoms with van der Waals surface area (Å²) in [5.74, 6) is 0.907. The van der Waals surface area contributed by atoms with Gasteiger partial charge in [-0.05, 0) is 54.7 Å². The number of benzene rings is 1. The Hall–Kier alpha value is -3.45. The van der Waals surface area contributed by atoms with Gasteiger partial charge in [-0.15, -0.1) is 0 Å². The van der Waals surface area contributed by atoms with Gasteiger partial charge in [-0.25, -0.2) is 4.98 Å². The number of hydrogen-bond acceptors (Lipinski definition) is 5. The predicted molar refractivity (Wildman–Crippen MR) is 132 cm³/mol. The van der Waals surface area contributed by atoms with Crippen molar-refractivity contribution in [3.63, 3.8) is 0 Å². The first-order valence-corrected chi connectivity index (χ1v) is 12.1. The summed E-state index contributed by atoms with van der Waals surface area (Å²) in [6.07, 6.45) is 6.25. The van der Waals surface area contributed by atoms with Gasteiger partial charge in [0.05, 0.1) is 29.6 Å². The van der Waals surface area contributed by atoms with E-state index in [1.165, 1.54) is 0 Å². The predicted octanol–water partition coefficient (Wildman–Crippen LogP) is 3.60. The fourth-order valence-corrected chi connectivity index (χ4v) is 4.86. The van der Waals surface area contributed by atoms with Crippen LogP contribution in [0.5, 0.6) is 0 Å². The molecule has 0 saturated carbocycles. The first-order valence-electron chi connectivity index (χ1n) is 12.1. The minimum Gasteiger partial charge on any atom is -0.465 e. The second kappa shape index (κ2) is 9.81. The van der Waals surface area contributed by atoms with Crippen molar-refractivity contribution >= 4 is 34.4 Å². The molecule has 1 saturated heterocycles. The van der Waals surface area contributed by atoms with Crippen LogP contribution in [-0.2, 0) is 11.2 Å². The molecule has 5 rings (SSSR count). The molecule has 2 amide bonds. The number of amides is 2. The van der Waals surface area contributed by atoms with Gasteiger partial charge in [-0.2, -0.15) is 0 Å². The van der Waals surface area contributed by atoms with Crippen LogP contribution >= 0.6 is 0 Å². The summed E-state index contributed by atoms with van der Waals surface area (Å²) in [6.45, 7) is 5.74. The van der Waals surface area contributed by atoms with Crippen LogP contribution in [0.3, 0.4) is 0 Å². The molecule has 1 aromatic carbocycles. The smallest absolute Gasteiger partial charge is 0.254 e. The number of carbonyl (C=O) groups excluding carboxylic acids is 2. The molecule has 0 bridgehead atoms. The van der Waals surface area contributed by atoms with Crippen molar-refractivity contribution in [2.24, 2.45) is 0 Å². The van der Waals surface area contributed by atoms with E-state index in [1.807, 2.05) is 54.3 Å². The Labute approximate surface area is 199 Å². The molecule has 0 unspecified atom stereocenters. The van der Waals surface area contributed by atoms with Crippen molar-refractivity contribution < 1.29 is 14.0 Å². The zero-order valence-electron chi connectivity index (χ0n) is 19.5. The fourth-order valence-electron chi connectivity index (χ4n) is 4.86. The number of rotatable bonds is 6. The van der Waals surface area contributed by atoms with Crippen molar-refractivity contribution in [1.82, 2.24) is 20.1 Å².